The second kappa shape index (κ2) is 50.3. The monoisotopic (exact) mass is 1160 g/mol. The van der Waals surface area contributed by atoms with Crippen LogP contribution in [0.3, 0.4) is 0 Å². The Balaban J connectivity index is -0.000000147. The van der Waals surface area contributed by atoms with Crippen LogP contribution in [0.2, 0.25) is 0 Å². The number of esters is 5. The molecule has 0 saturated heterocycles. The first kappa shape index (κ1) is 85.7. The van der Waals surface area contributed by atoms with Gasteiger partial charge in [-0.3, -0.25) is 19.2 Å². The summed E-state index contributed by atoms with van der Waals surface area (Å²) in [6.45, 7) is 46.6. The lowest BCUT2D eigenvalue weighted by molar-refractivity contribution is -0.164. The Morgan fingerprint density at radius 2 is 0.681 bits per heavy atom. The van der Waals surface area contributed by atoms with E-state index in [2.05, 4.69) is 158 Å². The summed E-state index contributed by atoms with van der Waals surface area (Å²) >= 11 is 29.6. The van der Waals surface area contributed by atoms with Crippen molar-refractivity contribution in [3.63, 3.8) is 0 Å². The van der Waals surface area contributed by atoms with Crippen molar-refractivity contribution < 1.29 is 52.8 Å². The average Bonchev–Trinajstić information content (AvgIpc) is 3.26. The summed E-state index contributed by atoms with van der Waals surface area (Å²) in [5, 5.41) is 11.3. The van der Waals surface area contributed by atoms with Crippen LogP contribution in [0.4, 0.5) is 0 Å². The van der Waals surface area contributed by atoms with Gasteiger partial charge >= 0.3 is 29.8 Å². The third-order valence-electron chi connectivity index (χ3n) is 11.8. The molecular formula is C54H112O11S7. The Hall–Kier alpha value is -0.240. The fraction of sp³-hybridized carbons (Fsp3) is 0.907. The Morgan fingerprint density at radius 1 is 0.389 bits per heavy atom. The molecule has 0 spiro atoms. The number of carbonyl (C=O) groups is 5. The predicted molar refractivity (Wildman–Crippen MR) is 331 cm³/mol. The lowest BCUT2D eigenvalue weighted by atomic mass is 9.93. The fourth-order valence-corrected chi connectivity index (χ4v) is 4.05. The molecule has 0 aliphatic carbocycles. The van der Waals surface area contributed by atoms with Crippen molar-refractivity contribution in [2.45, 2.75) is 241 Å². The van der Waals surface area contributed by atoms with Gasteiger partial charge in [-0.05, 0) is 76.0 Å². The molecule has 18 heteroatoms. The molecule has 0 saturated carbocycles. The summed E-state index contributed by atoms with van der Waals surface area (Å²) in [5.74, 6) is 0.916. The Labute approximate surface area is 481 Å². The van der Waals surface area contributed by atoms with Gasteiger partial charge in [0.25, 0.3) is 0 Å². The number of aliphatic hydroxyl groups is 1. The first-order valence-corrected chi connectivity index (χ1v) is 29.2. The molecule has 0 aliphatic rings. The molecule has 436 valence electrons. The van der Waals surface area contributed by atoms with E-state index in [1.807, 2.05) is 55.4 Å². The molecule has 0 aromatic rings. The zero-order valence-electron chi connectivity index (χ0n) is 48.4. The van der Waals surface area contributed by atoms with Crippen molar-refractivity contribution in [2.24, 2.45) is 53.3 Å². The molecule has 0 aliphatic heterocycles. The number of ether oxygens (including phenoxy) is 5. The summed E-state index contributed by atoms with van der Waals surface area (Å²) in [7, 11) is 0. The fourth-order valence-electron chi connectivity index (χ4n) is 3.56. The number of hydrogen-bond acceptors (Lipinski definition) is 18. The van der Waals surface area contributed by atoms with E-state index in [0.717, 1.165) is 6.42 Å². The molecule has 0 rings (SSSR count). The van der Waals surface area contributed by atoms with E-state index in [1.54, 1.807) is 34.6 Å². The van der Waals surface area contributed by atoms with Crippen molar-refractivity contribution in [3.05, 3.63) is 0 Å². The van der Waals surface area contributed by atoms with Gasteiger partial charge < -0.3 is 28.8 Å². The molecule has 15 unspecified atom stereocenters. The molecule has 0 heterocycles. The van der Waals surface area contributed by atoms with Gasteiger partial charge in [0.1, 0.15) is 25.4 Å². The van der Waals surface area contributed by atoms with Gasteiger partial charge in [0, 0.05) is 36.7 Å². The second-order valence-electron chi connectivity index (χ2n) is 20.3. The Bertz CT molecular complexity index is 1270. The van der Waals surface area contributed by atoms with E-state index in [4.69, 9.17) is 23.7 Å². The van der Waals surface area contributed by atoms with Crippen LogP contribution in [0.1, 0.15) is 186 Å². The number of rotatable bonds is 24. The van der Waals surface area contributed by atoms with Crippen LogP contribution in [0.25, 0.3) is 0 Å². The molecule has 0 bridgehead atoms. The summed E-state index contributed by atoms with van der Waals surface area (Å²) in [6, 6.07) is 0. The minimum Gasteiger partial charge on any atom is -0.465 e. The first-order valence-electron chi connectivity index (χ1n) is 25.6. The van der Waals surface area contributed by atoms with Crippen LogP contribution < -0.4 is 0 Å². The molecule has 1 N–H and O–H groups in total. The van der Waals surface area contributed by atoms with Crippen LogP contribution in [0.5, 0.6) is 0 Å². The maximum Gasteiger partial charge on any atom is 0.335 e. The summed E-state index contributed by atoms with van der Waals surface area (Å²) in [4.78, 5) is 57.0. The van der Waals surface area contributed by atoms with Crippen LogP contribution in [0, 0.1) is 53.3 Å². The molecule has 0 aromatic heterocycles. The number of hydrogen-bond donors (Lipinski definition) is 8. The third kappa shape index (κ3) is 53.2. The van der Waals surface area contributed by atoms with Crippen molar-refractivity contribution in [2.75, 3.05) is 19.8 Å². The highest BCUT2D eigenvalue weighted by atomic mass is 32.1. The van der Waals surface area contributed by atoms with Gasteiger partial charge in [-0.15, -0.1) is 0 Å². The van der Waals surface area contributed by atoms with Crippen molar-refractivity contribution in [3.8, 4) is 0 Å². The molecule has 11 nitrogen and oxygen atoms in total. The molecule has 72 heavy (non-hydrogen) atoms. The zero-order chi connectivity index (χ0) is 57.6. The maximum atomic E-state index is 11.5. The van der Waals surface area contributed by atoms with Crippen LogP contribution in [0.15, 0.2) is 0 Å². The predicted octanol–water partition coefficient (Wildman–Crippen LogP) is 13.6. The van der Waals surface area contributed by atoms with Gasteiger partial charge in [0.15, 0.2) is 6.10 Å². The molecule has 15 atom stereocenters. The van der Waals surface area contributed by atoms with Gasteiger partial charge in [0.05, 0.1) is 30.8 Å². The highest BCUT2D eigenvalue weighted by Gasteiger charge is 2.26. The topological polar surface area (TPSA) is 152 Å². The SMILES string of the molecule is C.CC(C)C(C)C(=O)OCCOC(=O)C(C)C(C)S.CC(C)C(C)S.CC(C)C(C)S.CC(S)C(C)CC(C)C(C)S.CC(S)C(C)OC(=O)CC(O)C(=O)OC(C)C(C)S.CCCOC(=O)C(C)C(C)C. The molecule has 0 amide bonds. The maximum absolute atomic E-state index is 11.5. The Kier molecular flexibility index (Phi) is 59.8. The van der Waals surface area contributed by atoms with E-state index in [9.17, 15) is 29.1 Å². The lowest BCUT2D eigenvalue weighted by Crippen LogP contribution is -2.33. The summed E-state index contributed by atoms with van der Waals surface area (Å²) in [5.41, 5.74) is 0. The molecule has 0 fully saturated rings. The minimum absolute atomic E-state index is 0. The van der Waals surface area contributed by atoms with E-state index in [-0.39, 0.29) is 78.0 Å². The van der Waals surface area contributed by atoms with E-state index in [0.29, 0.717) is 57.2 Å². The van der Waals surface area contributed by atoms with Gasteiger partial charge in [-0.1, -0.05) is 139 Å². The number of carbonyl (C=O) groups excluding carboxylic acids is 5. The smallest absolute Gasteiger partial charge is 0.335 e. The second-order valence-corrected chi connectivity index (χ2v) is 26.0. The first-order chi connectivity index (χ1) is 32.2. The van der Waals surface area contributed by atoms with E-state index in [1.165, 1.54) is 6.42 Å². The average molecular weight is 1160 g/mol. The summed E-state index contributed by atoms with van der Waals surface area (Å²) in [6.07, 6.45) is -0.666. The quantitative estimate of drug-likeness (QED) is 0.0202. The van der Waals surface area contributed by atoms with Crippen LogP contribution >= 0.6 is 88.4 Å². The minimum atomic E-state index is -1.52. The summed E-state index contributed by atoms with van der Waals surface area (Å²) < 4.78 is 24.9. The molecular weight excluding hydrogens is 1050 g/mol. The number of aliphatic hydroxyl groups excluding tert-OH is 1. The largest absolute Gasteiger partial charge is 0.465 e. The van der Waals surface area contributed by atoms with E-state index >= 15 is 0 Å². The number of thiol groups is 7. The lowest BCUT2D eigenvalue weighted by Gasteiger charge is -2.21. The highest BCUT2D eigenvalue weighted by Crippen LogP contribution is 2.23. The third-order valence-corrected chi connectivity index (χ3v) is 15.3. The highest BCUT2D eigenvalue weighted by molar-refractivity contribution is 7.82. The molecule has 0 radical (unpaired) electrons. The molecule has 0 aromatic carbocycles. The Morgan fingerprint density at radius 3 is 0.931 bits per heavy atom. The van der Waals surface area contributed by atoms with Gasteiger partial charge in [-0.2, -0.15) is 88.4 Å². The standard InChI is InChI=1S/C13H24O4S.C12H22O5S2.C9H18O2.C9H20S2.2C5H12S.CH4/c1-8(2)9(3)12(14)16-6-7-17-13(15)10(4)11(5)18;1-6(8(3)18)16-11(14)5-10(13)12(15)17-7(2)9(4)19;1-5-6-11-9(10)8(4)7(2)3;1-6(8(3)10)5-7(2)9(4)11;2*1-4(2)5(3)6;/h8-11,18H,6-7H2,1-5H3;6-10,13,18-19H,5H2,1-4H3;7-8H,5-6H2,1-4H3;6-11H,5H2,1-4H3;2*4-6H,1-3H3;1H4. The normalized spacial score (nSPS) is 17.0. The van der Waals surface area contributed by atoms with Crippen molar-refractivity contribution in [1.82, 2.24) is 0 Å². The van der Waals surface area contributed by atoms with E-state index < -0.39 is 36.7 Å². The van der Waals surface area contributed by atoms with Crippen LogP contribution in [-0.2, 0) is 47.7 Å². The van der Waals surface area contributed by atoms with Crippen LogP contribution in [-0.4, -0.2) is 110 Å². The van der Waals surface area contributed by atoms with Crippen molar-refractivity contribution >= 4 is 118 Å². The van der Waals surface area contributed by atoms with Gasteiger partial charge in [0.2, 0.25) is 0 Å². The van der Waals surface area contributed by atoms with Gasteiger partial charge in [-0.25, -0.2) is 4.79 Å². The van der Waals surface area contributed by atoms with Crippen molar-refractivity contribution in [1.29, 1.82) is 0 Å². The zero-order valence-corrected chi connectivity index (χ0v) is 54.6.